The maximum Gasteiger partial charge on any atom is 0.511 e. The van der Waals surface area contributed by atoms with Gasteiger partial charge < -0.3 is 14.3 Å². The lowest BCUT2D eigenvalue weighted by molar-refractivity contribution is -0.385. The molecule has 2 rings (SSSR count). The molecule has 0 fully saturated rings. The second-order valence-electron chi connectivity index (χ2n) is 4.91. The Hall–Kier alpha value is -2.90. The predicted molar refractivity (Wildman–Crippen MR) is 75.1 cm³/mol. The summed E-state index contributed by atoms with van der Waals surface area (Å²) in [5, 5.41) is 20.1. The second kappa shape index (κ2) is 6.25. The first-order valence-electron chi connectivity index (χ1n) is 6.48. The molecule has 0 aliphatic rings. The molecule has 0 bridgehead atoms. The van der Waals surface area contributed by atoms with E-state index in [1.54, 1.807) is 13.8 Å². The molecule has 0 radical (unpaired) electrons. The minimum absolute atomic E-state index is 0.0894. The first kappa shape index (κ1) is 15.5. The van der Waals surface area contributed by atoms with Crippen LogP contribution in [-0.2, 0) is 6.42 Å². The standard InChI is InChI=1S/C14H14N2O6/c1-8(2)13-10(5-9-6-21-7-15-9)11(16(19)20)3-4-12(13)22-14(17)18/h3-4,6-8H,5H2,1-2H3,(H,17,18). The van der Waals surface area contributed by atoms with Crippen molar-refractivity contribution in [2.75, 3.05) is 0 Å². The third kappa shape index (κ3) is 3.22. The molecule has 116 valence electrons. The molecular formula is C14H14N2O6. The lowest BCUT2D eigenvalue weighted by Gasteiger charge is -2.16. The van der Waals surface area contributed by atoms with Crippen LogP contribution >= 0.6 is 0 Å². The third-order valence-electron chi connectivity index (χ3n) is 3.11. The van der Waals surface area contributed by atoms with Crippen molar-refractivity contribution in [1.29, 1.82) is 0 Å². The largest absolute Gasteiger partial charge is 0.511 e. The van der Waals surface area contributed by atoms with E-state index < -0.39 is 11.1 Å². The summed E-state index contributed by atoms with van der Waals surface area (Å²) >= 11 is 0. The van der Waals surface area contributed by atoms with Crippen LogP contribution in [0.4, 0.5) is 10.5 Å². The normalized spacial score (nSPS) is 10.7. The van der Waals surface area contributed by atoms with Crippen LogP contribution in [0.1, 0.15) is 36.6 Å². The van der Waals surface area contributed by atoms with Crippen molar-refractivity contribution in [2.24, 2.45) is 0 Å². The van der Waals surface area contributed by atoms with Crippen LogP contribution in [-0.4, -0.2) is 21.2 Å². The molecule has 0 unspecified atom stereocenters. The summed E-state index contributed by atoms with van der Waals surface area (Å²) in [4.78, 5) is 25.5. The lowest BCUT2D eigenvalue weighted by atomic mass is 9.92. The summed E-state index contributed by atoms with van der Waals surface area (Å²) in [6.07, 6.45) is 1.30. The van der Waals surface area contributed by atoms with Crippen molar-refractivity contribution in [1.82, 2.24) is 4.98 Å². The molecule has 1 aromatic heterocycles. The third-order valence-corrected chi connectivity index (χ3v) is 3.11. The highest BCUT2D eigenvalue weighted by Crippen LogP contribution is 2.37. The van der Waals surface area contributed by atoms with Crippen LogP contribution in [0.5, 0.6) is 5.75 Å². The monoisotopic (exact) mass is 306 g/mol. The smallest absolute Gasteiger partial charge is 0.451 e. The number of rotatable bonds is 5. The van der Waals surface area contributed by atoms with Gasteiger partial charge in [0.25, 0.3) is 5.69 Å². The van der Waals surface area contributed by atoms with Gasteiger partial charge in [0.1, 0.15) is 12.0 Å². The second-order valence-corrected chi connectivity index (χ2v) is 4.91. The van der Waals surface area contributed by atoms with E-state index in [1.807, 2.05) is 0 Å². The SMILES string of the molecule is CC(C)c1c(OC(=O)O)ccc([N+](=O)[O-])c1Cc1cocn1. The van der Waals surface area contributed by atoms with E-state index in [0.29, 0.717) is 16.8 Å². The molecule has 1 heterocycles. The van der Waals surface area contributed by atoms with E-state index in [2.05, 4.69) is 4.98 Å². The van der Waals surface area contributed by atoms with E-state index in [0.717, 1.165) is 0 Å². The Morgan fingerprint density at radius 1 is 1.50 bits per heavy atom. The molecule has 1 aromatic carbocycles. The van der Waals surface area contributed by atoms with Gasteiger partial charge in [-0.1, -0.05) is 13.8 Å². The maximum atomic E-state index is 11.3. The molecule has 0 atom stereocenters. The Morgan fingerprint density at radius 3 is 2.73 bits per heavy atom. The van der Waals surface area contributed by atoms with Gasteiger partial charge in [0.2, 0.25) is 0 Å². The number of carboxylic acid groups (broad SMARTS) is 1. The molecule has 8 nitrogen and oxygen atoms in total. The topological polar surface area (TPSA) is 116 Å². The Morgan fingerprint density at radius 2 is 2.23 bits per heavy atom. The number of hydrogen-bond donors (Lipinski definition) is 1. The van der Waals surface area contributed by atoms with Gasteiger partial charge in [-0.15, -0.1) is 0 Å². The average molecular weight is 306 g/mol. The summed E-state index contributed by atoms with van der Waals surface area (Å²) < 4.78 is 9.63. The van der Waals surface area contributed by atoms with Crippen molar-refractivity contribution in [3.8, 4) is 5.75 Å². The zero-order valence-electron chi connectivity index (χ0n) is 12.0. The van der Waals surface area contributed by atoms with Gasteiger partial charge >= 0.3 is 6.16 Å². The summed E-state index contributed by atoms with van der Waals surface area (Å²) in [5.74, 6) is -0.0808. The van der Waals surface area contributed by atoms with Crippen LogP contribution < -0.4 is 4.74 Å². The van der Waals surface area contributed by atoms with E-state index in [-0.39, 0.29) is 23.8 Å². The van der Waals surface area contributed by atoms with Gasteiger partial charge in [0.15, 0.2) is 6.39 Å². The quantitative estimate of drug-likeness (QED) is 0.389. The summed E-state index contributed by atoms with van der Waals surface area (Å²) in [7, 11) is 0. The van der Waals surface area contributed by atoms with Crippen molar-refractivity contribution in [3.05, 3.63) is 51.7 Å². The Balaban J connectivity index is 2.62. The fraction of sp³-hybridized carbons (Fsp3) is 0.286. The number of ether oxygens (including phenoxy) is 1. The molecule has 2 aromatic rings. The van der Waals surface area contributed by atoms with Gasteiger partial charge in [-0.05, 0) is 12.0 Å². The minimum Gasteiger partial charge on any atom is -0.451 e. The molecule has 1 N–H and O–H groups in total. The molecule has 0 saturated carbocycles. The van der Waals surface area contributed by atoms with E-state index in [1.165, 1.54) is 24.8 Å². The van der Waals surface area contributed by atoms with E-state index >= 15 is 0 Å². The number of nitro groups is 1. The van der Waals surface area contributed by atoms with Crippen molar-refractivity contribution < 1.29 is 24.0 Å². The van der Waals surface area contributed by atoms with Gasteiger partial charge in [-0.25, -0.2) is 9.78 Å². The highest BCUT2D eigenvalue weighted by atomic mass is 16.7. The molecule has 0 aliphatic heterocycles. The molecule has 8 heteroatoms. The fourth-order valence-corrected chi connectivity index (χ4v) is 2.31. The summed E-state index contributed by atoms with van der Waals surface area (Å²) in [6.45, 7) is 3.61. The summed E-state index contributed by atoms with van der Waals surface area (Å²) in [5.41, 5.74) is 1.24. The predicted octanol–water partition coefficient (Wildman–Crippen LogP) is 3.35. The number of nitrogens with zero attached hydrogens (tertiary/aromatic N) is 2. The number of benzene rings is 1. The minimum atomic E-state index is -1.47. The van der Waals surface area contributed by atoms with Crippen LogP contribution in [0.15, 0.2) is 29.2 Å². The van der Waals surface area contributed by atoms with E-state index in [9.17, 15) is 14.9 Å². The van der Waals surface area contributed by atoms with Crippen LogP contribution in [0, 0.1) is 10.1 Å². The summed E-state index contributed by atoms with van der Waals surface area (Å²) in [6, 6.07) is 2.54. The number of hydrogen-bond acceptors (Lipinski definition) is 6. The molecule has 22 heavy (non-hydrogen) atoms. The van der Waals surface area contributed by atoms with E-state index in [4.69, 9.17) is 14.3 Å². The van der Waals surface area contributed by atoms with Gasteiger partial charge in [-0.3, -0.25) is 10.1 Å². The lowest BCUT2D eigenvalue weighted by Crippen LogP contribution is -2.10. The number of oxazole rings is 1. The van der Waals surface area contributed by atoms with Gasteiger partial charge in [0.05, 0.1) is 10.6 Å². The number of aromatic nitrogens is 1. The van der Waals surface area contributed by atoms with Crippen LogP contribution in [0.2, 0.25) is 0 Å². The van der Waals surface area contributed by atoms with Crippen molar-refractivity contribution >= 4 is 11.8 Å². The number of nitro benzene ring substituents is 1. The van der Waals surface area contributed by atoms with Crippen molar-refractivity contribution in [3.63, 3.8) is 0 Å². The Bertz CT molecular complexity index is 694. The van der Waals surface area contributed by atoms with Crippen LogP contribution in [0.3, 0.4) is 0 Å². The van der Waals surface area contributed by atoms with Gasteiger partial charge in [-0.2, -0.15) is 0 Å². The Labute approximate surface area is 125 Å². The molecule has 0 spiro atoms. The molecule has 0 aliphatic carbocycles. The van der Waals surface area contributed by atoms with Crippen molar-refractivity contribution in [2.45, 2.75) is 26.2 Å². The zero-order valence-corrected chi connectivity index (χ0v) is 12.0. The highest BCUT2D eigenvalue weighted by molar-refractivity contribution is 5.64. The zero-order chi connectivity index (χ0) is 16.3. The number of carbonyl (C=O) groups is 1. The highest BCUT2D eigenvalue weighted by Gasteiger charge is 2.25. The Kier molecular flexibility index (Phi) is 4.40. The fourth-order valence-electron chi connectivity index (χ4n) is 2.31. The average Bonchev–Trinajstić information content (AvgIpc) is 2.90. The molecular weight excluding hydrogens is 292 g/mol. The first-order valence-corrected chi connectivity index (χ1v) is 6.48. The maximum absolute atomic E-state index is 11.3. The molecule has 0 saturated heterocycles. The van der Waals surface area contributed by atoms with Gasteiger partial charge in [0, 0.05) is 23.6 Å². The molecule has 0 amide bonds. The first-order chi connectivity index (χ1) is 10.4. The van der Waals surface area contributed by atoms with Crippen LogP contribution in [0.25, 0.3) is 0 Å².